The molecule has 6 heteroatoms. The van der Waals surface area contributed by atoms with Crippen molar-refractivity contribution in [2.45, 2.75) is 33.0 Å². The Kier molecular flexibility index (Phi) is 5.36. The summed E-state index contributed by atoms with van der Waals surface area (Å²) in [6, 6.07) is 7.88. The van der Waals surface area contributed by atoms with E-state index in [9.17, 15) is 4.79 Å². The van der Waals surface area contributed by atoms with Crippen LogP contribution in [0.4, 0.5) is 5.69 Å². The van der Waals surface area contributed by atoms with E-state index in [0.717, 1.165) is 17.5 Å². The number of benzene rings is 1. The smallest absolute Gasteiger partial charge is 0.287 e. The summed E-state index contributed by atoms with van der Waals surface area (Å²) in [5.74, 6) is 0. The van der Waals surface area contributed by atoms with Gasteiger partial charge in [-0.05, 0) is 17.5 Å². The average Bonchev–Trinajstić information content (AvgIpc) is 2.51. The van der Waals surface area contributed by atoms with Gasteiger partial charge in [0.2, 0.25) is 0 Å². The number of nitrogens with two attached hydrogens (primary N) is 1. The third kappa shape index (κ3) is 3.62. The van der Waals surface area contributed by atoms with Crippen LogP contribution in [-0.4, -0.2) is 9.78 Å². The Morgan fingerprint density at radius 2 is 2.05 bits per heavy atom. The van der Waals surface area contributed by atoms with Gasteiger partial charge in [-0.1, -0.05) is 42.8 Å². The summed E-state index contributed by atoms with van der Waals surface area (Å²) in [7, 11) is 0. The fourth-order valence-electron chi connectivity index (χ4n) is 2.08. The second-order valence-corrected chi connectivity index (χ2v) is 5.10. The molecule has 0 aliphatic heterocycles. The normalized spacial score (nSPS) is 10.6. The molecule has 0 amide bonds. The lowest BCUT2D eigenvalue weighted by Crippen LogP contribution is -2.24. The Balaban J connectivity index is 2.17. The first-order valence-electron chi connectivity index (χ1n) is 6.93. The molecular formula is C15H19ClN4O. The number of nitrogens with zero attached hydrogens (tertiary/aromatic N) is 2. The number of nitrogens with one attached hydrogen (secondary N) is 1. The molecule has 21 heavy (non-hydrogen) atoms. The molecule has 0 saturated carbocycles. The van der Waals surface area contributed by atoms with Gasteiger partial charge in [0.1, 0.15) is 5.02 Å². The molecule has 0 radical (unpaired) electrons. The summed E-state index contributed by atoms with van der Waals surface area (Å²) in [5, 5.41) is 7.44. The predicted octanol–water partition coefficient (Wildman–Crippen LogP) is 2.38. The summed E-state index contributed by atoms with van der Waals surface area (Å²) in [6.07, 6.45) is 2.42. The standard InChI is InChI=1S/C15H19ClN4O/c1-2-7-20-15(21)14(16)13(10-19-20)18-9-12-6-4-3-5-11(12)8-17/h3-6,10,18H,2,7-9,17H2,1H3. The summed E-state index contributed by atoms with van der Waals surface area (Å²) in [5.41, 5.74) is 8.12. The van der Waals surface area contributed by atoms with Crippen LogP contribution in [0.2, 0.25) is 5.02 Å². The highest BCUT2D eigenvalue weighted by Crippen LogP contribution is 2.17. The topological polar surface area (TPSA) is 72.9 Å². The first-order chi connectivity index (χ1) is 10.2. The average molecular weight is 307 g/mol. The van der Waals surface area contributed by atoms with Crippen LogP contribution in [0.3, 0.4) is 0 Å². The molecule has 0 spiro atoms. The van der Waals surface area contributed by atoms with E-state index in [-0.39, 0.29) is 10.6 Å². The van der Waals surface area contributed by atoms with E-state index in [0.29, 0.717) is 25.3 Å². The molecule has 0 bridgehead atoms. The van der Waals surface area contributed by atoms with Crippen molar-refractivity contribution in [3.8, 4) is 0 Å². The zero-order chi connectivity index (χ0) is 15.2. The maximum atomic E-state index is 12.0. The lowest BCUT2D eigenvalue weighted by atomic mass is 10.1. The minimum Gasteiger partial charge on any atom is -0.378 e. The van der Waals surface area contributed by atoms with Crippen LogP contribution >= 0.6 is 11.6 Å². The van der Waals surface area contributed by atoms with Gasteiger partial charge in [-0.25, -0.2) is 4.68 Å². The monoisotopic (exact) mass is 306 g/mol. The summed E-state index contributed by atoms with van der Waals surface area (Å²) >= 11 is 6.11. The Labute approximate surface area is 128 Å². The fourth-order valence-corrected chi connectivity index (χ4v) is 2.29. The number of aryl methyl sites for hydroxylation is 1. The zero-order valence-corrected chi connectivity index (χ0v) is 12.7. The van der Waals surface area contributed by atoms with Crippen LogP contribution in [0, 0.1) is 0 Å². The highest BCUT2D eigenvalue weighted by Gasteiger charge is 2.09. The Morgan fingerprint density at radius 3 is 2.71 bits per heavy atom. The van der Waals surface area contributed by atoms with Crippen molar-refractivity contribution in [2.75, 3.05) is 5.32 Å². The third-order valence-corrected chi connectivity index (χ3v) is 3.59. The van der Waals surface area contributed by atoms with Crippen molar-refractivity contribution in [1.82, 2.24) is 9.78 Å². The van der Waals surface area contributed by atoms with Crippen molar-refractivity contribution in [3.05, 3.63) is 57.0 Å². The van der Waals surface area contributed by atoms with Crippen LogP contribution in [0.15, 0.2) is 35.3 Å². The summed E-state index contributed by atoms with van der Waals surface area (Å²) in [6.45, 7) is 3.57. The third-order valence-electron chi connectivity index (χ3n) is 3.23. The number of halogens is 1. The molecule has 1 aromatic heterocycles. The predicted molar refractivity (Wildman–Crippen MR) is 85.5 cm³/mol. The Bertz CT molecular complexity index is 669. The lowest BCUT2D eigenvalue weighted by molar-refractivity contribution is 0.568. The molecule has 0 aliphatic carbocycles. The van der Waals surface area contributed by atoms with E-state index in [1.807, 2.05) is 31.2 Å². The van der Waals surface area contributed by atoms with Crippen molar-refractivity contribution in [3.63, 3.8) is 0 Å². The second kappa shape index (κ2) is 7.24. The van der Waals surface area contributed by atoms with Crippen LogP contribution in [0.5, 0.6) is 0 Å². The van der Waals surface area contributed by atoms with Gasteiger partial charge in [0.15, 0.2) is 0 Å². The molecule has 1 heterocycles. The number of hydrogen-bond acceptors (Lipinski definition) is 4. The number of anilines is 1. The van der Waals surface area contributed by atoms with E-state index < -0.39 is 0 Å². The van der Waals surface area contributed by atoms with Gasteiger partial charge < -0.3 is 11.1 Å². The highest BCUT2D eigenvalue weighted by atomic mass is 35.5. The molecule has 3 N–H and O–H groups in total. The van der Waals surface area contributed by atoms with E-state index in [2.05, 4.69) is 10.4 Å². The summed E-state index contributed by atoms with van der Waals surface area (Å²) < 4.78 is 1.38. The first-order valence-corrected chi connectivity index (χ1v) is 7.31. The van der Waals surface area contributed by atoms with Crippen molar-refractivity contribution in [2.24, 2.45) is 5.73 Å². The molecule has 1 aromatic carbocycles. The van der Waals surface area contributed by atoms with Crippen molar-refractivity contribution in [1.29, 1.82) is 0 Å². The van der Waals surface area contributed by atoms with Gasteiger partial charge >= 0.3 is 0 Å². The van der Waals surface area contributed by atoms with Crippen LogP contribution in [0.1, 0.15) is 24.5 Å². The largest absolute Gasteiger partial charge is 0.378 e. The molecular weight excluding hydrogens is 288 g/mol. The Hall–Kier alpha value is -1.85. The zero-order valence-electron chi connectivity index (χ0n) is 12.0. The fraction of sp³-hybridized carbons (Fsp3) is 0.333. The van der Waals surface area contributed by atoms with E-state index in [1.165, 1.54) is 4.68 Å². The minimum absolute atomic E-state index is 0.170. The molecule has 0 fully saturated rings. The van der Waals surface area contributed by atoms with Gasteiger partial charge in [-0.15, -0.1) is 0 Å². The van der Waals surface area contributed by atoms with E-state index in [4.69, 9.17) is 17.3 Å². The van der Waals surface area contributed by atoms with Crippen molar-refractivity contribution >= 4 is 17.3 Å². The van der Waals surface area contributed by atoms with E-state index >= 15 is 0 Å². The maximum absolute atomic E-state index is 12.0. The minimum atomic E-state index is -0.268. The first kappa shape index (κ1) is 15.5. The van der Waals surface area contributed by atoms with Crippen LogP contribution in [0.25, 0.3) is 0 Å². The SMILES string of the molecule is CCCn1ncc(NCc2ccccc2CN)c(Cl)c1=O. The molecule has 0 aliphatic rings. The van der Waals surface area contributed by atoms with Gasteiger partial charge in [0.05, 0.1) is 11.9 Å². The quantitative estimate of drug-likeness (QED) is 0.859. The van der Waals surface area contributed by atoms with Crippen molar-refractivity contribution < 1.29 is 0 Å². The molecule has 2 aromatic rings. The molecule has 112 valence electrons. The number of rotatable bonds is 6. The van der Waals surface area contributed by atoms with Crippen LogP contribution in [-0.2, 0) is 19.6 Å². The highest BCUT2D eigenvalue weighted by molar-refractivity contribution is 6.32. The van der Waals surface area contributed by atoms with Gasteiger partial charge in [-0.2, -0.15) is 5.10 Å². The van der Waals surface area contributed by atoms with Crippen LogP contribution < -0.4 is 16.6 Å². The van der Waals surface area contributed by atoms with Gasteiger partial charge in [0.25, 0.3) is 5.56 Å². The van der Waals surface area contributed by atoms with Gasteiger partial charge in [0, 0.05) is 19.6 Å². The maximum Gasteiger partial charge on any atom is 0.287 e. The lowest BCUT2D eigenvalue weighted by Gasteiger charge is -2.12. The van der Waals surface area contributed by atoms with Gasteiger partial charge in [-0.3, -0.25) is 4.79 Å². The molecule has 5 nitrogen and oxygen atoms in total. The summed E-state index contributed by atoms with van der Waals surface area (Å²) in [4.78, 5) is 12.0. The number of hydrogen-bond donors (Lipinski definition) is 2. The molecule has 0 unspecified atom stereocenters. The van der Waals surface area contributed by atoms with E-state index in [1.54, 1.807) is 6.20 Å². The Morgan fingerprint density at radius 1 is 1.33 bits per heavy atom. The molecule has 0 atom stereocenters. The molecule has 0 saturated heterocycles. The molecule has 2 rings (SSSR count). The number of aromatic nitrogens is 2. The second-order valence-electron chi connectivity index (χ2n) is 4.73.